The van der Waals surface area contributed by atoms with Crippen molar-refractivity contribution in [3.8, 4) is 18.2 Å². The van der Waals surface area contributed by atoms with Gasteiger partial charge in [-0.1, -0.05) is 0 Å². The zero-order valence-electron chi connectivity index (χ0n) is 11.0. The second-order valence-corrected chi connectivity index (χ2v) is 3.63. The lowest BCUT2D eigenvalue weighted by atomic mass is 10.1. The van der Waals surface area contributed by atoms with Crippen molar-refractivity contribution in [2.75, 3.05) is 11.9 Å². The zero-order valence-corrected chi connectivity index (χ0v) is 11.0. The molecule has 0 heterocycles. The van der Waals surface area contributed by atoms with Gasteiger partial charge in [-0.3, -0.25) is 0 Å². The Kier molecular flexibility index (Phi) is 5.43. The Morgan fingerprint density at radius 1 is 1.29 bits per heavy atom. The highest BCUT2D eigenvalue weighted by Crippen LogP contribution is 2.19. The predicted octanol–water partition coefficient (Wildman–Crippen LogP) is 2.24. The first kappa shape index (κ1) is 15.7. The minimum absolute atomic E-state index is 0.0773. The van der Waals surface area contributed by atoms with E-state index in [0.717, 1.165) is 12.1 Å². The van der Waals surface area contributed by atoms with Crippen LogP contribution in [0.15, 0.2) is 29.5 Å². The Bertz CT molecular complexity index is 704. The van der Waals surface area contributed by atoms with Gasteiger partial charge >= 0.3 is 5.97 Å². The molecule has 1 N–H and O–H groups in total. The minimum atomic E-state index is -0.744. The molecule has 0 saturated heterocycles. The van der Waals surface area contributed by atoms with Crippen LogP contribution in [-0.2, 0) is 4.74 Å². The summed E-state index contributed by atoms with van der Waals surface area (Å²) in [5, 5.41) is 28.6. The van der Waals surface area contributed by atoms with Crippen molar-refractivity contribution >= 4 is 11.7 Å². The SMILES string of the molecule is CCOC(=O)c1ccc(F)c(NC(C#N)=C(C#N)C#N)c1. The van der Waals surface area contributed by atoms with Gasteiger partial charge in [0.2, 0.25) is 0 Å². The summed E-state index contributed by atoms with van der Waals surface area (Å²) < 4.78 is 18.4. The highest BCUT2D eigenvalue weighted by atomic mass is 19.1. The van der Waals surface area contributed by atoms with Gasteiger partial charge in [0.05, 0.1) is 17.9 Å². The minimum Gasteiger partial charge on any atom is -0.462 e. The number of benzene rings is 1. The van der Waals surface area contributed by atoms with Crippen LogP contribution in [0.5, 0.6) is 0 Å². The van der Waals surface area contributed by atoms with Crippen LogP contribution in [0.4, 0.5) is 10.1 Å². The van der Waals surface area contributed by atoms with Crippen molar-refractivity contribution in [1.82, 2.24) is 0 Å². The number of carbonyl (C=O) groups is 1. The van der Waals surface area contributed by atoms with Gasteiger partial charge in [0, 0.05) is 0 Å². The predicted molar refractivity (Wildman–Crippen MR) is 69.8 cm³/mol. The summed E-state index contributed by atoms with van der Waals surface area (Å²) in [7, 11) is 0. The molecule has 21 heavy (non-hydrogen) atoms. The molecule has 0 aliphatic rings. The fraction of sp³-hybridized carbons (Fsp3) is 0.143. The summed E-state index contributed by atoms with van der Waals surface area (Å²) >= 11 is 0. The van der Waals surface area contributed by atoms with Gasteiger partial charge in [0.25, 0.3) is 0 Å². The molecule has 0 amide bonds. The maximum atomic E-state index is 13.7. The standard InChI is InChI=1S/C14H9FN4O2/c1-2-21-14(20)9-3-4-11(15)12(5-9)19-13(8-18)10(6-16)7-17/h3-5,19H,2H2,1H3. The van der Waals surface area contributed by atoms with E-state index >= 15 is 0 Å². The smallest absolute Gasteiger partial charge is 0.338 e. The fourth-order valence-corrected chi connectivity index (χ4v) is 1.38. The lowest BCUT2D eigenvalue weighted by Crippen LogP contribution is -2.07. The molecule has 0 unspecified atom stereocenters. The molecule has 0 radical (unpaired) electrons. The Hall–Kier alpha value is -3.37. The molecule has 0 aliphatic carbocycles. The molecule has 0 aliphatic heterocycles. The van der Waals surface area contributed by atoms with E-state index in [-0.39, 0.29) is 17.9 Å². The van der Waals surface area contributed by atoms with Crippen molar-refractivity contribution < 1.29 is 13.9 Å². The molecular formula is C14H9FN4O2. The van der Waals surface area contributed by atoms with Gasteiger partial charge in [0.15, 0.2) is 5.57 Å². The van der Waals surface area contributed by atoms with Crippen LogP contribution in [0.3, 0.4) is 0 Å². The lowest BCUT2D eigenvalue weighted by Gasteiger charge is -2.08. The summed E-state index contributed by atoms with van der Waals surface area (Å²) in [5.41, 5.74) is -1.02. The van der Waals surface area contributed by atoms with Gasteiger partial charge in [-0.15, -0.1) is 0 Å². The van der Waals surface area contributed by atoms with Crippen molar-refractivity contribution in [3.63, 3.8) is 0 Å². The number of hydrogen-bond donors (Lipinski definition) is 1. The van der Waals surface area contributed by atoms with Crippen LogP contribution in [-0.4, -0.2) is 12.6 Å². The van der Waals surface area contributed by atoms with Crippen molar-refractivity contribution in [3.05, 3.63) is 40.8 Å². The van der Waals surface area contributed by atoms with E-state index in [1.165, 1.54) is 18.2 Å². The maximum Gasteiger partial charge on any atom is 0.338 e. The van der Waals surface area contributed by atoms with E-state index in [2.05, 4.69) is 5.32 Å². The van der Waals surface area contributed by atoms with E-state index in [1.807, 2.05) is 0 Å². The monoisotopic (exact) mass is 284 g/mol. The number of nitrogens with zero attached hydrogens (tertiary/aromatic N) is 3. The molecule has 0 saturated carbocycles. The number of allylic oxidation sites excluding steroid dienone is 2. The first-order chi connectivity index (χ1) is 10.1. The third-order valence-corrected chi connectivity index (χ3v) is 2.32. The average molecular weight is 284 g/mol. The molecule has 104 valence electrons. The summed E-state index contributed by atoms with van der Waals surface area (Å²) in [6, 6.07) is 8.01. The van der Waals surface area contributed by atoms with E-state index in [4.69, 9.17) is 20.5 Å². The number of hydrogen-bond acceptors (Lipinski definition) is 6. The molecule has 0 bridgehead atoms. The van der Waals surface area contributed by atoms with Crippen LogP contribution >= 0.6 is 0 Å². The quantitative estimate of drug-likeness (QED) is 0.670. The molecule has 1 aromatic carbocycles. The Labute approximate surface area is 120 Å². The largest absolute Gasteiger partial charge is 0.462 e. The lowest BCUT2D eigenvalue weighted by molar-refractivity contribution is 0.0526. The number of esters is 1. The maximum absolute atomic E-state index is 13.7. The number of anilines is 1. The molecule has 1 aromatic rings. The number of nitrogens with one attached hydrogen (secondary N) is 1. The molecule has 1 rings (SSSR count). The fourth-order valence-electron chi connectivity index (χ4n) is 1.38. The van der Waals surface area contributed by atoms with Crippen LogP contribution in [0.25, 0.3) is 0 Å². The summed E-state index contributed by atoms with van der Waals surface area (Å²) in [6.07, 6.45) is 0. The van der Waals surface area contributed by atoms with E-state index in [0.29, 0.717) is 0 Å². The van der Waals surface area contributed by atoms with E-state index in [1.54, 1.807) is 13.0 Å². The molecule has 0 atom stereocenters. The van der Waals surface area contributed by atoms with E-state index in [9.17, 15) is 9.18 Å². The highest BCUT2D eigenvalue weighted by molar-refractivity contribution is 5.90. The van der Waals surface area contributed by atoms with Crippen molar-refractivity contribution in [2.24, 2.45) is 0 Å². The normalized spacial score (nSPS) is 8.71. The van der Waals surface area contributed by atoms with Crippen LogP contribution in [0, 0.1) is 39.8 Å². The van der Waals surface area contributed by atoms with Crippen molar-refractivity contribution in [2.45, 2.75) is 6.92 Å². The van der Waals surface area contributed by atoms with Crippen molar-refractivity contribution in [1.29, 1.82) is 15.8 Å². The summed E-state index contributed by atoms with van der Waals surface area (Å²) in [5.74, 6) is -1.39. The number of carbonyl (C=O) groups excluding carboxylic acids is 1. The van der Waals surface area contributed by atoms with Gasteiger partial charge < -0.3 is 10.1 Å². The summed E-state index contributed by atoms with van der Waals surface area (Å²) in [4.78, 5) is 11.6. The molecule has 0 spiro atoms. The molecule has 0 aromatic heterocycles. The number of ether oxygens (including phenoxy) is 1. The van der Waals surface area contributed by atoms with Crippen LogP contribution in [0.1, 0.15) is 17.3 Å². The third kappa shape index (κ3) is 3.79. The van der Waals surface area contributed by atoms with E-state index < -0.39 is 23.1 Å². The molecular weight excluding hydrogens is 275 g/mol. The Morgan fingerprint density at radius 2 is 1.95 bits per heavy atom. The second kappa shape index (κ2) is 7.28. The zero-order chi connectivity index (χ0) is 15.8. The van der Waals surface area contributed by atoms with Crippen LogP contribution in [0.2, 0.25) is 0 Å². The molecule has 7 heteroatoms. The first-order valence-electron chi connectivity index (χ1n) is 5.75. The first-order valence-corrected chi connectivity index (χ1v) is 5.75. The number of rotatable bonds is 4. The Balaban J connectivity index is 3.21. The summed E-state index contributed by atoms with van der Waals surface area (Å²) in [6.45, 7) is 1.79. The van der Waals surface area contributed by atoms with Gasteiger partial charge in [-0.2, -0.15) is 15.8 Å². The highest BCUT2D eigenvalue weighted by Gasteiger charge is 2.13. The average Bonchev–Trinajstić information content (AvgIpc) is 2.49. The molecule has 0 fully saturated rings. The number of nitriles is 3. The van der Waals surface area contributed by atoms with Gasteiger partial charge in [-0.25, -0.2) is 9.18 Å². The van der Waals surface area contributed by atoms with Crippen LogP contribution < -0.4 is 5.32 Å². The third-order valence-electron chi connectivity index (χ3n) is 2.32. The Morgan fingerprint density at radius 3 is 2.48 bits per heavy atom. The number of halogens is 1. The topological polar surface area (TPSA) is 110 Å². The van der Waals surface area contributed by atoms with Gasteiger partial charge in [-0.05, 0) is 25.1 Å². The molecule has 6 nitrogen and oxygen atoms in total. The second-order valence-electron chi connectivity index (χ2n) is 3.63. The van der Waals surface area contributed by atoms with Gasteiger partial charge in [0.1, 0.15) is 29.7 Å².